The van der Waals surface area contributed by atoms with Crippen molar-refractivity contribution in [1.82, 2.24) is 0 Å². The summed E-state index contributed by atoms with van der Waals surface area (Å²) >= 11 is 5.89. The number of hydrogen-bond acceptors (Lipinski definition) is 3. The molecule has 0 saturated carbocycles. The van der Waals surface area contributed by atoms with Crippen LogP contribution >= 0.6 is 11.6 Å². The number of carbonyl (C=O) groups excluding carboxylic acids is 2. The van der Waals surface area contributed by atoms with E-state index in [1.807, 2.05) is 6.07 Å². The van der Waals surface area contributed by atoms with E-state index in [9.17, 15) is 9.59 Å². The number of methoxy groups -OCH3 is 1. The van der Waals surface area contributed by atoms with Crippen molar-refractivity contribution in [3.63, 3.8) is 0 Å². The maximum absolute atomic E-state index is 12.2. The van der Waals surface area contributed by atoms with Gasteiger partial charge in [0.15, 0.2) is 0 Å². The van der Waals surface area contributed by atoms with Gasteiger partial charge in [-0.05, 0) is 30.3 Å². The van der Waals surface area contributed by atoms with E-state index in [1.54, 1.807) is 36.4 Å². The van der Waals surface area contributed by atoms with Crippen LogP contribution in [0.4, 0.5) is 11.4 Å². The number of ether oxygens (including phenoxy) is 1. The van der Waals surface area contributed by atoms with Crippen LogP contribution in [0.2, 0.25) is 5.02 Å². The van der Waals surface area contributed by atoms with Crippen LogP contribution in [-0.4, -0.2) is 26.0 Å². The quantitative estimate of drug-likeness (QED) is 0.885. The highest BCUT2D eigenvalue weighted by atomic mass is 35.5. The first-order chi connectivity index (χ1) is 10.5. The molecule has 0 heterocycles. The number of hydrogen-bond donors (Lipinski definition) is 1. The minimum Gasteiger partial charge on any atom is -0.495 e. The van der Waals surface area contributed by atoms with Gasteiger partial charge in [-0.3, -0.25) is 9.59 Å². The van der Waals surface area contributed by atoms with Crippen molar-refractivity contribution in [1.29, 1.82) is 0 Å². The number of amides is 2. The van der Waals surface area contributed by atoms with Crippen LogP contribution in [0.25, 0.3) is 0 Å². The second-order valence-electron chi connectivity index (χ2n) is 4.50. The van der Waals surface area contributed by atoms with Crippen molar-refractivity contribution < 1.29 is 14.3 Å². The van der Waals surface area contributed by atoms with Gasteiger partial charge in [-0.25, -0.2) is 0 Å². The van der Waals surface area contributed by atoms with Crippen LogP contribution < -0.4 is 15.0 Å². The average Bonchev–Trinajstić information content (AvgIpc) is 2.54. The average molecular weight is 319 g/mol. The van der Waals surface area contributed by atoms with Crippen molar-refractivity contribution in [3.05, 3.63) is 53.6 Å². The molecule has 0 atom stereocenters. The molecule has 22 heavy (non-hydrogen) atoms. The fourth-order valence-electron chi connectivity index (χ4n) is 1.87. The van der Waals surface area contributed by atoms with Crippen molar-refractivity contribution in [2.45, 2.75) is 0 Å². The molecular weight excluding hydrogens is 304 g/mol. The Morgan fingerprint density at radius 3 is 2.45 bits per heavy atom. The number of likely N-dealkylation sites (N-methyl/N-ethyl adjacent to an activating group) is 1. The Hall–Kier alpha value is -2.53. The zero-order chi connectivity index (χ0) is 16.1. The van der Waals surface area contributed by atoms with E-state index in [0.717, 1.165) is 0 Å². The zero-order valence-corrected chi connectivity index (χ0v) is 12.9. The van der Waals surface area contributed by atoms with Gasteiger partial charge in [-0.2, -0.15) is 0 Å². The van der Waals surface area contributed by atoms with Crippen LogP contribution in [0.5, 0.6) is 5.75 Å². The van der Waals surface area contributed by atoms with Gasteiger partial charge in [-0.15, -0.1) is 0 Å². The third-order valence-electron chi connectivity index (χ3n) is 3.05. The maximum atomic E-state index is 12.2. The smallest absolute Gasteiger partial charge is 0.316 e. The number of halogens is 1. The third kappa shape index (κ3) is 3.56. The molecule has 0 aliphatic heterocycles. The third-order valence-corrected chi connectivity index (χ3v) is 3.29. The predicted molar refractivity (Wildman–Crippen MR) is 86.5 cm³/mol. The highest BCUT2D eigenvalue weighted by molar-refractivity contribution is 6.44. The van der Waals surface area contributed by atoms with Gasteiger partial charge in [0.1, 0.15) is 5.75 Å². The summed E-state index contributed by atoms with van der Waals surface area (Å²) in [7, 11) is 3.00. The molecule has 0 fully saturated rings. The molecule has 0 spiro atoms. The van der Waals surface area contributed by atoms with Gasteiger partial charge in [-0.1, -0.05) is 29.8 Å². The monoisotopic (exact) mass is 318 g/mol. The second-order valence-corrected chi connectivity index (χ2v) is 4.93. The molecule has 114 valence electrons. The fraction of sp³-hybridized carbons (Fsp3) is 0.125. The Balaban J connectivity index is 2.15. The molecule has 2 amide bonds. The van der Waals surface area contributed by atoms with Crippen molar-refractivity contribution >= 4 is 34.8 Å². The first-order valence-electron chi connectivity index (χ1n) is 6.50. The highest BCUT2D eigenvalue weighted by Gasteiger charge is 2.21. The molecular formula is C16H15ClN2O3. The summed E-state index contributed by atoms with van der Waals surface area (Å²) in [6.07, 6.45) is 0. The van der Waals surface area contributed by atoms with E-state index in [1.165, 1.54) is 25.1 Å². The molecule has 0 aliphatic carbocycles. The van der Waals surface area contributed by atoms with Crippen molar-refractivity contribution in [2.75, 3.05) is 24.4 Å². The summed E-state index contributed by atoms with van der Waals surface area (Å²) in [5.74, 6) is -1.03. The maximum Gasteiger partial charge on any atom is 0.316 e. The summed E-state index contributed by atoms with van der Waals surface area (Å²) < 4.78 is 5.13. The standard InChI is InChI=1S/C16H15ClN2O3/c1-19(12-6-4-3-5-7-12)16(21)15(20)18-13-10-11(17)8-9-14(13)22-2/h3-10H,1-2H3,(H,18,20). The van der Waals surface area contributed by atoms with Crippen molar-refractivity contribution in [3.8, 4) is 5.75 Å². The Labute approximate surface area is 133 Å². The predicted octanol–water partition coefficient (Wildman–Crippen LogP) is 2.95. The number of nitrogens with zero attached hydrogens (tertiary/aromatic N) is 1. The summed E-state index contributed by atoms with van der Waals surface area (Å²) in [6, 6.07) is 13.7. The molecule has 2 aromatic carbocycles. The number of benzene rings is 2. The highest BCUT2D eigenvalue weighted by Crippen LogP contribution is 2.27. The number of nitrogens with one attached hydrogen (secondary N) is 1. The first kappa shape index (κ1) is 15.9. The lowest BCUT2D eigenvalue weighted by Gasteiger charge is -2.17. The molecule has 0 bridgehead atoms. The van der Waals surface area contributed by atoms with Gasteiger partial charge in [0.05, 0.1) is 12.8 Å². The van der Waals surface area contributed by atoms with E-state index >= 15 is 0 Å². The largest absolute Gasteiger partial charge is 0.495 e. The summed E-state index contributed by atoms with van der Waals surface area (Å²) in [5, 5.41) is 2.94. The SMILES string of the molecule is COc1ccc(Cl)cc1NC(=O)C(=O)N(C)c1ccccc1. The van der Waals surface area contributed by atoms with Gasteiger partial charge >= 0.3 is 11.8 Å². The fourth-order valence-corrected chi connectivity index (χ4v) is 2.05. The molecule has 0 aliphatic rings. The van der Waals surface area contributed by atoms with Crippen LogP contribution in [0.15, 0.2) is 48.5 Å². The topological polar surface area (TPSA) is 58.6 Å². The summed E-state index contributed by atoms with van der Waals surface area (Å²) in [6.45, 7) is 0. The summed E-state index contributed by atoms with van der Waals surface area (Å²) in [4.78, 5) is 25.5. The lowest BCUT2D eigenvalue weighted by atomic mass is 10.2. The van der Waals surface area contributed by atoms with Gasteiger partial charge in [0, 0.05) is 17.8 Å². The lowest BCUT2D eigenvalue weighted by Crippen LogP contribution is -2.37. The Kier molecular flexibility index (Phi) is 5.01. The zero-order valence-electron chi connectivity index (χ0n) is 12.2. The number of para-hydroxylation sites is 1. The van der Waals surface area contributed by atoms with Crippen molar-refractivity contribution in [2.24, 2.45) is 0 Å². The van der Waals surface area contributed by atoms with Crippen LogP contribution in [0.3, 0.4) is 0 Å². The molecule has 2 aromatic rings. The Bertz CT molecular complexity index is 689. The Morgan fingerprint density at radius 1 is 1.14 bits per heavy atom. The molecule has 0 radical (unpaired) electrons. The lowest BCUT2D eigenvalue weighted by molar-refractivity contribution is -0.134. The van der Waals surface area contributed by atoms with E-state index in [-0.39, 0.29) is 0 Å². The Morgan fingerprint density at radius 2 is 1.82 bits per heavy atom. The first-order valence-corrected chi connectivity index (χ1v) is 6.88. The molecule has 0 saturated heterocycles. The molecule has 1 N–H and O–H groups in total. The van der Waals surface area contributed by atoms with E-state index in [2.05, 4.69) is 5.32 Å². The van der Waals surface area contributed by atoms with Crippen LogP contribution in [-0.2, 0) is 9.59 Å². The number of rotatable bonds is 3. The minimum atomic E-state index is -0.771. The van der Waals surface area contributed by atoms with E-state index < -0.39 is 11.8 Å². The van der Waals surface area contributed by atoms with Crippen LogP contribution in [0, 0.1) is 0 Å². The van der Waals surface area contributed by atoms with E-state index in [0.29, 0.717) is 22.1 Å². The normalized spacial score (nSPS) is 9.95. The van der Waals surface area contributed by atoms with Gasteiger partial charge in [0.25, 0.3) is 0 Å². The molecule has 0 unspecified atom stereocenters. The molecule has 0 aromatic heterocycles. The van der Waals surface area contributed by atoms with Gasteiger partial charge in [0.2, 0.25) is 0 Å². The van der Waals surface area contributed by atoms with E-state index in [4.69, 9.17) is 16.3 Å². The molecule has 5 nitrogen and oxygen atoms in total. The van der Waals surface area contributed by atoms with Gasteiger partial charge < -0.3 is 15.0 Å². The minimum absolute atomic E-state index is 0.342. The van der Waals surface area contributed by atoms with Crippen LogP contribution in [0.1, 0.15) is 0 Å². The number of anilines is 2. The molecule has 2 rings (SSSR count). The second kappa shape index (κ2) is 6.95. The molecule has 6 heteroatoms. The summed E-state index contributed by atoms with van der Waals surface area (Å²) in [5.41, 5.74) is 0.968. The number of carbonyl (C=O) groups is 2.